The molecule has 0 aromatic heterocycles. The van der Waals surface area contributed by atoms with E-state index in [9.17, 15) is 18.0 Å². The van der Waals surface area contributed by atoms with E-state index in [0.717, 1.165) is 12.1 Å². The van der Waals surface area contributed by atoms with Crippen LogP contribution in [0.2, 0.25) is 0 Å². The van der Waals surface area contributed by atoms with Gasteiger partial charge in [0.15, 0.2) is 0 Å². The molecule has 1 rings (SSSR count). The predicted molar refractivity (Wildman–Crippen MR) is 78.6 cm³/mol. The predicted octanol–water partition coefficient (Wildman–Crippen LogP) is 3.05. The molecule has 2 N–H and O–H groups in total. The molecule has 1 atom stereocenters. The van der Waals surface area contributed by atoms with Gasteiger partial charge in [-0.15, -0.1) is 13.2 Å². The maximum atomic E-state index is 12.0. The highest BCUT2D eigenvalue weighted by Crippen LogP contribution is 2.23. The van der Waals surface area contributed by atoms with E-state index in [1.807, 2.05) is 13.8 Å². The number of nitrogens with zero attached hydrogens (tertiary/aromatic N) is 1. The number of hydrogen-bond donors (Lipinski definition) is 2. The minimum Gasteiger partial charge on any atom is -0.406 e. The third kappa shape index (κ3) is 6.06. The Hall–Kier alpha value is -2.43. The van der Waals surface area contributed by atoms with Crippen LogP contribution in [-0.4, -0.2) is 24.4 Å². The van der Waals surface area contributed by atoms with Crippen LogP contribution < -0.4 is 15.4 Å². The molecule has 1 aromatic rings. The van der Waals surface area contributed by atoms with E-state index in [2.05, 4.69) is 21.4 Å². The largest absolute Gasteiger partial charge is 0.573 e. The number of carbonyl (C=O) groups is 1. The summed E-state index contributed by atoms with van der Waals surface area (Å²) in [4.78, 5) is 11.9. The van der Waals surface area contributed by atoms with Gasteiger partial charge in [0.2, 0.25) is 5.91 Å². The Bertz CT molecular complexity index is 579. The van der Waals surface area contributed by atoms with Crippen molar-refractivity contribution < 1.29 is 22.7 Å². The van der Waals surface area contributed by atoms with Gasteiger partial charge in [-0.1, -0.05) is 13.8 Å². The van der Waals surface area contributed by atoms with Crippen LogP contribution in [0.25, 0.3) is 0 Å². The topological polar surface area (TPSA) is 74.2 Å². The summed E-state index contributed by atoms with van der Waals surface area (Å²) in [6.07, 6.45) is -4.74. The first-order valence-electron chi connectivity index (χ1n) is 6.87. The molecule has 0 aliphatic heterocycles. The van der Waals surface area contributed by atoms with Crippen molar-refractivity contribution in [2.75, 3.05) is 11.9 Å². The van der Waals surface area contributed by atoms with Gasteiger partial charge in [0.1, 0.15) is 11.3 Å². The summed E-state index contributed by atoms with van der Waals surface area (Å²) < 4.78 is 39.9. The number of nitrogens with one attached hydrogen (secondary N) is 2. The Labute approximate surface area is 132 Å². The Kier molecular flexibility index (Phi) is 5.85. The van der Waals surface area contributed by atoms with Gasteiger partial charge in [-0.2, -0.15) is 5.26 Å². The molecular formula is C15H18F3N3O2. The Morgan fingerprint density at radius 2 is 1.87 bits per heavy atom. The van der Waals surface area contributed by atoms with E-state index in [4.69, 9.17) is 5.26 Å². The molecule has 0 spiro atoms. The lowest BCUT2D eigenvalue weighted by atomic mass is 9.90. The summed E-state index contributed by atoms with van der Waals surface area (Å²) in [6.45, 7) is 5.15. The lowest BCUT2D eigenvalue weighted by Crippen LogP contribution is -2.50. The zero-order valence-electron chi connectivity index (χ0n) is 13.0. The van der Waals surface area contributed by atoms with Gasteiger partial charge >= 0.3 is 6.36 Å². The van der Waals surface area contributed by atoms with Gasteiger partial charge in [0, 0.05) is 5.69 Å². The monoisotopic (exact) mass is 329 g/mol. The van der Waals surface area contributed by atoms with Gasteiger partial charge in [-0.3, -0.25) is 4.79 Å². The second-order valence-corrected chi connectivity index (χ2v) is 5.44. The van der Waals surface area contributed by atoms with Crippen LogP contribution >= 0.6 is 0 Å². The number of nitriles is 1. The molecule has 0 saturated carbocycles. The molecule has 0 aliphatic carbocycles. The van der Waals surface area contributed by atoms with Crippen molar-refractivity contribution in [2.24, 2.45) is 5.92 Å². The molecule has 0 heterocycles. The fourth-order valence-electron chi connectivity index (χ4n) is 1.59. The molecule has 0 saturated heterocycles. The van der Waals surface area contributed by atoms with Crippen LogP contribution in [0.4, 0.5) is 18.9 Å². The van der Waals surface area contributed by atoms with Crippen LogP contribution in [0.1, 0.15) is 20.8 Å². The normalized spacial score (nSPS) is 13.8. The number of amides is 1. The maximum Gasteiger partial charge on any atom is 0.573 e. The summed E-state index contributed by atoms with van der Waals surface area (Å²) in [5.74, 6) is -0.807. The highest BCUT2D eigenvalue weighted by Gasteiger charge is 2.31. The minimum atomic E-state index is -4.74. The number of benzene rings is 1. The maximum absolute atomic E-state index is 12.0. The molecule has 8 heteroatoms. The van der Waals surface area contributed by atoms with Gasteiger partial charge < -0.3 is 15.4 Å². The van der Waals surface area contributed by atoms with E-state index >= 15 is 0 Å². The quantitative estimate of drug-likeness (QED) is 0.841. The molecule has 0 fully saturated rings. The van der Waals surface area contributed by atoms with E-state index in [1.54, 1.807) is 6.92 Å². The first-order chi connectivity index (χ1) is 10.6. The minimum absolute atomic E-state index is 0.0738. The smallest absolute Gasteiger partial charge is 0.406 e. The Balaban J connectivity index is 2.55. The van der Waals surface area contributed by atoms with Crippen molar-refractivity contribution in [3.8, 4) is 11.8 Å². The van der Waals surface area contributed by atoms with Crippen molar-refractivity contribution in [3.63, 3.8) is 0 Å². The van der Waals surface area contributed by atoms with Crippen molar-refractivity contribution >= 4 is 11.6 Å². The van der Waals surface area contributed by atoms with Crippen LogP contribution in [0.3, 0.4) is 0 Å². The first kappa shape index (κ1) is 18.6. The molecule has 126 valence electrons. The standard InChI is InChI=1S/C15H18F3N3O2/c1-10(2)14(3,9-19)21-13(22)8-20-11-4-6-12(7-5-11)23-15(16,17)18/h4-7,10,20H,8H2,1-3H3,(H,21,22). The lowest BCUT2D eigenvalue weighted by molar-refractivity contribution is -0.274. The van der Waals surface area contributed by atoms with Gasteiger partial charge in [0.25, 0.3) is 0 Å². The number of alkyl halides is 3. The second-order valence-electron chi connectivity index (χ2n) is 5.44. The van der Waals surface area contributed by atoms with Crippen molar-refractivity contribution in [1.29, 1.82) is 5.26 Å². The average Bonchev–Trinajstić information content (AvgIpc) is 2.44. The van der Waals surface area contributed by atoms with Crippen LogP contribution in [0.15, 0.2) is 24.3 Å². The SMILES string of the molecule is CC(C)C(C)(C#N)NC(=O)CNc1ccc(OC(F)(F)F)cc1. The van der Waals surface area contributed by atoms with E-state index in [-0.39, 0.29) is 18.2 Å². The molecular weight excluding hydrogens is 311 g/mol. The highest BCUT2D eigenvalue weighted by molar-refractivity contribution is 5.81. The lowest BCUT2D eigenvalue weighted by Gasteiger charge is -2.27. The van der Waals surface area contributed by atoms with Crippen LogP contribution in [-0.2, 0) is 4.79 Å². The zero-order valence-corrected chi connectivity index (χ0v) is 13.0. The summed E-state index contributed by atoms with van der Waals surface area (Å²) in [7, 11) is 0. The van der Waals surface area contributed by atoms with E-state index in [0.29, 0.717) is 5.69 Å². The van der Waals surface area contributed by atoms with Crippen molar-refractivity contribution in [3.05, 3.63) is 24.3 Å². The third-order valence-corrected chi connectivity index (χ3v) is 3.33. The molecule has 23 heavy (non-hydrogen) atoms. The molecule has 0 aliphatic rings. The highest BCUT2D eigenvalue weighted by atomic mass is 19.4. The van der Waals surface area contributed by atoms with E-state index < -0.39 is 17.8 Å². The summed E-state index contributed by atoms with van der Waals surface area (Å²) >= 11 is 0. The molecule has 1 unspecified atom stereocenters. The van der Waals surface area contributed by atoms with Crippen molar-refractivity contribution in [2.45, 2.75) is 32.7 Å². The summed E-state index contributed by atoms with van der Waals surface area (Å²) in [5, 5.41) is 14.5. The third-order valence-electron chi connectivity index (χ3n) is 3.33. The van der Waals surface area contributed by atoms with Crippen LogP contribution in [0, 0.1) is 17.2 Å². The molecule has 1 amide bonds. The Morgan fingerprint density at radius 1 is 1.30 bits per heavy atom. The van der Waals surface area contributed by atoms with Gasteiger partial charge in [-0.25, -0.2) is 0 Å². The summed E-state index contributed by atoms with van der Waals surface area (Å²) in [5.41, 5.74) is -0.527. The fourth-order valence-corrected chi connectivity index (χ4v) is 1.59. The number of hydrogen-bond acceptors (Lipinski definition) is 4. The molecule has 5 nitrogen and oxygen atoms in total. The molecule has 0 radical (unpaired) electrons. The fraction of sp³-hybridized carbons (Fsp3) is 0.467. The number of anilines is 1. The molecule has 0 bridgehead atoms. The number of carbonyl (C=O) groups excluding carboxylic acids is 1. The number of rotatable bonds is 6. The molecule has 1 aromatic carbocycles. The van der Waals surface area contributed by atoms with Crippen LogP contribution in [0.5, 0.6) is 5.75 Å². The van der Waals surface area contributed by atoms with Gasteiger partial charge in [0.05, 0.1) is 12.6 Å². The number of halogens is 3. The Morgan fingerprint density at radius 3 is 2.30 bits per heavy atom. The average molecular weight is 329 g/mol. The number of ether oxygens (including phenoxy) is 1. The first-order valence-corrected chi connectivity index (χ1v) is 6.87. The summed E-state index contributed by atoms with van der Waals surface area (Å²) in [6, 6.07) is 7.06. The second kappa shape index (κ2) is 7.22. The van der Waals surface area contributed by atoms with Gasteiger partial charge in [-0.05, 0) is 37.1 Å². The van der Waals surface area contributed by atoms with Crippen molar-refractivity contribution in [1.82, 2.24) is 5.32 Å². The van der Waals surface area contributed by atoms with E-state index in [1.165, 1.54) is 12.1 Å². The zero-order chi connectivity index (χ0) is 17.7.